The van der Waals surface area contributed by atoms with E-state index in [9.17, 15) is 0 Å². The lowest BCUT2D eigenvalue weighted by Gasteiger charge is -2.25. The molecule has 2 aromatic carbocycles. The van der Waals surface area contributed by atoms with Crippen molar-refractivity contribution in [2.45, 2.75) is 12.1 Å². The van der Waals surface area contributed by atoms with Gasteiger partial charge in [-0.2, -0.15) is 5.48 Å². The van der Waals surface area contributed by atoms with Crippen molar-refractivity contribution in [1.82, 2.24) is 5.48 Å². The molecule has 0 spiro atoms. The number of rotatable bonds is 2. The molecule has 90 valence electrons. The van der Waals surface area contributed by atoms with Gasteiger partial charge in [-0.3, -0.25) is 4.84 Å². The summed E-state index contributed by atoms with van der Waals surface area (Å²) in [6.45, 7) is 0. The topological polar surface area (TPSA) is 21.3 Å². The summed E-state index contributed by atoms with van der Waals surface area (Å²) >= 11 is 0. The highest BCUT2D eigenvalue weighted by molar-refractivity contribution is 5.27. The third-order valence-electron chi connectivity index (χ3n) is 3.09. The third-order valence-corrected chi connectivity index (χ3v) is 3.09. The standard InChI is InChI=1S/C16H15NO/c1-3-7-13(8-4-1)15-11-12-16(18-17-15)14-9-5-2-6-10-14/h1-12,15-17H. The van der Waals surface area contributed by atoms with Crippen LogP contribution in [0.4, 0.5) is 0 Å². The molecule has 2 aromatic rings. The second-order valence-electron chi connectivity index (χ2n) is 4.34. The second-order valence-corrected chi connectivity index (χ2v) is 4.34. The van der Waals surface area contributed by atoms with E-state index in [2.05, 4.69) is 41.9 Å². The molecule has 2 atom stereocenters. The van der Waals surface area contributed by atoms with Crippen LogP contribution in [0.15, 0.2) is 72.8 Å². The zero-order valence-corrected chi connectivity index (χ0v) is 9.99. The summed E-state index contributed by atoms with van der Waals surface area (Å²) < 4.78 is 0. The molecule has 1 heterocycles. The molecule has 0 amide bonds. The smallest absolute Gasteiger partial charge is 0.122 e. The summed E-state index contributed by atoms with van der Waals surface area (Å²) in [4.78, 5) is 5.69. The van der Waals surface area contributed by atoms with Crippen LogP contribution in [0.5, 0.6) is 0 Å². The minimum atomic E-state index is -0.00818. The van der Waals surface area contributed by atoms with Crippen LogP contribution in [0.1, 0.15) is 23.3 Å². The Bertz CT molecular complexity index is 472. The molecule has 0 fully saturated rings. The minimum Gasteiger partial charge on any atom is -0.289 e. The van der Waals surface area contributed by atoms with Gasteiger partial charge in [0, 0.05) is 0 Å². The molecule has 0 bridgehead atoms. The van der Waals surface area contributed by atoms with Gasteiger partial charge in [-0.05, 0) is 11.1 Å². The number of benzene rings is 2. The Labute approximate surface area is 107 Å². The van der Waals surface area contributed by atoms with Crippen molar-refractivity contribution in [2.75, 3.05) is 0 Å². The first kappa shape index (κ1) is 11.2. The number of hydroxylamine groups is 1. The fourth-order valence-corrected chi connectivity index (χ4v) is 2.10. The lowest BCUT2D eigenvalue weighted by molar-refractivity contribution is -0.0243. The van der Waals surface area contributed by atoms with Gasteiger partial charge in [0.2, 0.25) is 0 Å². The molecule has 0 saturated carbocycles. The first-order valence-corrected chi connectivity index (χ1v) is 6.13. The summed E-state index contributed by atoms with van der Waals surface area (Å²) in [5, 5.41) is 0. The largest absolute Gasteiger partial charge is 0.289 e. The van der Waals surface area contributed by atoms with Crippen LogP contribution in [-0.2, 0) is 4.84 Å². The van der Waals surface area contributed by atoms with E-state index in [0.29, 0.717) is 0 Å². The quantitative estimate of drug-likeness (QED) is 0.806. The zero-order valence-electron chi connectivity index (χ0n) is 9.99. The Morgan fingerprint density at radius 2 is 1.33 bits per heavy atom. The van der Waals surface area contributed by atoms with Crippen LogP contribution >= 0.6 is 0 Å². The van der Waals surface area contributed by atoms with Crippen molar-refractivity contribution < 1.29 is 4.84 Å². The number of hydrogen-bond donors (Lipinski definition) is 1. The molecule has 0 radical (unpaired) electrons. The van der Waals surface area contributed by atoms with Crippen molar-refractivity contribution in [1.29, 1.82) is 0 Å². The maximum Gasteiger partial charge on any atom is 0.122 e. The maximum atomic E-state index is 5.69. The summed E-state index contributed by atoms with van der Waals surface area (Å²) in [6, 6.07) is 20.6. The fourth-order valence-electron chi connectivity index (χ4n) is 2.10. The van der Waals surface area contributed by atoms with Crippen molar-refractivity contribution >= 4 is 0 Å². The minimum absolute atomic E-state index is 0.00818. The lowest BCUT2D eigenvalue weighted by atomic mass is 10.0. The SMILES string of the molecule is C1=CC(c2ccccc2)ONC1c1ccccc1. The van der Waals surface area contributed by atoms with E-state index in [-0.39, 0.29) is 12.1 Å². The average Bonchev–Trinajstić information content (AvgIpc) is 2.49. The first-order chi connectivity index (χ1) is 8.93. The monoisotopic (exact) mass is 237 g/mol. The summed E-state index contributed by atoms with van der Waals surface area (Å²) in [7, 11) is 0. The van der Waals surface area contributed by atoms with Crippen LogP contribution in [-0.4, -0.2) is 0 Å². The Hall–Kier alpha value is -1.90. The van der Waals surface area contributed by atoms with Gasteiger partial charge < -0.3 is 0 Å². The number of nitrogens with one attached hydrogen (secondary N) is 1. The molecule has 1 aliphatic heterocycles. The van der Waals surface area contributed by atoms with Gasteiger partial charge in [-0.25, -0.2) is 0 Å². The Kier molecular flexibility index (Phi) is 3.22. The van der Waals surface area contributed by atoms with E-state index in [4.69, 9.17) is 4.84 Å². The molecule has 0 saturated heterocycles. The molecule has 0 aliphatic carbocycles. The van der Waals surface area contributed by atoms with Crippen molar-refractivity contribution in [3.63, 3.8) is 0 Å². The fraction of sp³-hybridized carbons (Fsp3) is 0.125. The highest BCUT2D eigenvalue weighted by atomic mass is 16.7. The van der Waals surface area contributed by atoms with Crippen LogP contribution in [0.25, 0.3) is 0 Å². The lowest BCUT2D eigenvalue weighted by Crippen LogP contribution is -2.26. The molecule has 1 N–H and O–H groups in total. The highest BCUT2D eigenvalue weighted by Crippen LogP contribution is 2.26. The van der Waals surface area contributed by atoms with E-state index in [0.717, 1.165) is 5.56 Å². The third kappa shape index (κ3) is 2.35. The van der Waals surface area contributed by atoms with Gasteiger partial charge in [0.1, 0.15) is 6.10 Å². The molecule has 3 rings (SSSR count). The van der Waals surface area contributed by atoms with E-state index >= 15 is 0 Å². The van der Waals surface area contributed by atoms with Gasteiger partial charge in [0.15, 0.2) is 0 Å². The van der Waals surface area contributed by atoms with Gasteiger partial charge in [-0.1, -0.05) is 72.8 Å². The van der Waals surface area contributed by atoms with Crippen molar-refractivity contribution in [3.05, 3.63) is 83.9 Å². The van der Waals surface area contributed by atoms with Gasteiger partial charge in [0.05, 0.1) is 6.04 Å². The highest BCUT2D eigenvalue weighted by Gasteiger charge is 2.17. The Morgan fingerprint density at radius 1 is 0.722 bits per heavy atom. The second kappa shape index (κ2) is 5.17. The normalized spacial score (nSPS) is 22.9. The van der Waals surface area contributed by atoms with Gasteiger partial charge >= 0.3 is 0 Å². The first-order valence-electron chi connectivity index (χ1n) is 6.13. The van der Waals surface area contributed by atoms with Crippen LogP contribution < -0.4 is 5.48 Å². The maximum absolute atomic E-state index is 5.69. The van der Waals surface area contributed by atoms with Gasteiger partial charge in [0.25, 0.3) is 0 Å². The summed E-state index contributed by atoms with van der Waals surface area (Å²) in [5.41, 5.74) is 5.47. The molecular weight excluding hydrogens is 222 g/mol. The molecule has 0 aromatic heterocycles. The van der Waals surface area contributed by atoms with E-state index in [1.165, 1.54) is 5.56 Å². The molecule has 18 heavy (non-hydrogen) atoms. The predicted molar refractivity (Wildman–Crippen MR) is 71.7 cm³/mol. The van der Waals surface area contributed by atoms with Gasteiger partial charge in [-0.15, -0.1) is 0 Å². The zero-order chi connectivity index (χ0) is 12.2. The molecule has 2 nitrogen and oxygen atoms in total. The molecule has 2 unspecified atom stereocenters. The molecule has 1 aliphatic rings. The van der Waals surface area contributed by atoms with E-state index in [1.54, 1.807) is 0 Å². The Morgan fingerprint density at radius 3 is 1.89 bits per heavy atom. The summed E-state index contributed by atoms with van der Waals surface area (Å²) in [6.07, 6.45) is 4.24. The van der Waals surface area contributed by atoms with Crippen LogP contribution in [0.2, 0.25) is 0 Å². The molecule has 2 heteroatoms. The Balaban J connectivity index is 1.76. The summed E-state index contributed by atoms with van der Waals surface area (Å²) in [5.74, 6) is 0. The number of hydrogen-bond acceptors (Lipinski definition) is 2. The van der Waals surface area contributed by atoms with E-state index in [1.807, 2.05) is 36.4 Å². The van der Waals surface area contributed by atoms with Crippen molar-refractivity contribution in [2.24, 2.45) is 0 Å². The van der Waals surface area contributed by atoms with Crippen LogP contribution in [0, 0.1) is 0 Å². The van der Waals surface area contributed by atoms with Crippen LogP contribution in [0.3, 0.4) is 0 Å². The van der Waals surface area contributed by atoms with E-state index < -0.39 is 0 Å². The predicted octanol–water partition coefficient (Wildman–Crippen LogP) is 3.56. The average molecular weight is 237 g/mol. The van der Waals surface area contributed by atoms with Crippen molar-refractivity contribution in [3.8, 4) is 0 Å². The molecular formula is C16H15NO.